The third-order valence-electron chi connectivity index (χ3n) is 2.74. The van der Waals surface area contributed by atoms with Crippen molar-refractivity contribution in [3.63, 3.8) is 0 Å². The SMILES string of the molecule is CN(C)c1ncc(C2(CC(=O)O)CC2)o1. The first-order valence-electron chi connectivity index (χ1n) is 4.89. The minimum absolute atomic E-state index is 0.134. The summed E-state index contributed by atoms with van der Waals surface area (Å²) in [5.74, 6) is -0.0797. The lowest BCUT2D eigenvalue weighted by Gasteiger charge is -2.09. The second-order valence-electron chi connectivity index (χ2n) is 4.25. The number of rotatable bonds is 4. The highest BCUT2D eigenvalue weighted by Crippen LogP contribution is 2.51. The van der Waals surface area contributed by atoms with E-state index in [1.807, 2.05) is 14.1 Å². The number of aliphatic carboxylic acids is 1. The lowest BCUT2D eigenvalue weighted by Crippen LogP contribution is -2.12. The van der Waals surface area contributed by atoms with Gasteiger partial charge in [0.05, 0.1) is 12.6 Å². The fourth-order valence-electron chi connectivity index (χ4n) is 1.67. The van der Waals surface area contributed by atoms with Crippen molar-refractivity contribution in [2.75, 3.05) is 19.0 Å². The molecule has 1 saturated carbocycles. The van der Waals surface area contributed by atoms with E-state index in [1.165, 1.54) is 0 Å². The van der Waals surface area contributed by atoms with Gasteiger partial charge in [-0.25, -0.2) is 4.98 Å². The maximum Gasteiger partial charge on any atom is 0.304 e. The predicted octanol–water partition coefficient (Wildman–Crippen LogP) is 1.25. The second kappa shape index (κ2) is 3.25. The zero-order chi connectivity index (χ0) is 11.1. The Labute approximate surface area is 87.7 Å². The van der Waals surface area contributed by atoms with Crippen LogP contribution in [0.5, 0.6) is 0 Å². The maximum atomic E-state index is 10.7. The molecule has 2 rings (SSSR count). The number of hydrogen-bond donors (Lipinski definition) is 1. The van der Waals surface area contributed by atoms with Crippen molar-refractivity contribution in [3.05, 3.63) is 12.0 Å². The van der Waals surface area contributed by atoms with Gasteiger partial charge in [0.1, 0.15) is 5.76 Å². The third kappa shape index (κ3) is 1.82. The lowest BCUT2D eigenvalue weighted by atomic mass is 10.0. The van der Waals surface area contributed by atoms with Crippen LogP contribution < -0.4 is 4.90 Å². The highest BCUT2D eigenvalue weighted by Gasteiger charge is 2.49. The Bertz CT molecular complexity index is 380. The summed E-state index contributed by atoms with van der Waals surface area (Å²) >= 11 is 0. The molecule has 0 unspecified atom stereocenters. The highest BCUT2D eigenvalue weighted by molar-refractivity contribution is 5.69. The highest BCUT2D eigenvalue weighted by atomic mass is 16.4. The minimum Gasteiger partial charge on any atom is -0.481 e. The van der Waals surface area contributed by atoms with E-state index in [0.717, 1.165) is 12.8 Å². The van der Waals surface area contributed by atoms with Gasteiger partial charge < -0.3 is 14.4 Å². The zero-order valence-corrected chi connectivity index (χ0v) is 8.86. The molecule has 0 amide bonds. The van der Waals surface area contributed by atoms with E-state index in [9.17, 15) is 4.79 Å². The van der Waals surface area contributed by atoms with Crippen LogP contribution >= 0.6 is 0 Å². The lowest BCUT2D eigenvalue weighted by molar-refractivity contribution is -0.137. The van der Waals surface area contributed by atoms with Crippen LogP contribution in [0.15, 0.2) is 10.6 Å². The first-order valence-corrected chi connectivity index (χ1v) is 4.89. The van der Waals surface area contributed by atoms with Gasteiger partial charge in [-0.3, -0.25) is 4.79 Å². The number of hydrogen-bond acceptors (Lipinski definition) is 4. The van der Waals surface area contributed by atoms with Crippen molar-refractivity contribution in [3.8, 4) is 0 Å². The van der Waals surface area contributed by atoms with E-state index in [2.05, 4.69) is 4.98 Å². The molecule has 1 N–H and O–H groups in total. The number of carbonyl (C=O) groups is 1. The molecule has 5 heteroatoms. The molecule has 0 bridgehead atoms. The summed E-state index contributed by atoms with van der Waals surface area (Å²) in [6, 6.07) is 0.529. The number of carboxylic acid groups (broad SMARTS) is 1. The molecule has 1 fully saturated rings. The topological polar surface area (TPSA) is 66.6 Å². The van der Waals surface area contributed by atoms with Crippen LogP contribution in [0, 0.1) is 0 Å². The van der Waals surface area contributed by atoms with E-state index < -0.39 is 5.97 Å². The molecule has 5 nitrogen and oxygen atoms in total. The summed E-state index contributed by atoms with van der Waals surface area (Å²) in [7, 11) is 3.68. The Kier molecular flexibility index (Phi) is 2.17. The van der Waals surface area contributed by atoms with Crippen LogP contribution in [0.2, 0.25) is 0 Å². The number of anilines is 1. The van der Waals surface area contributed by atoms with Crippen molar-refractivity contribution in [1.29, 1.82) is 0 Å². The van der Waals surface area contributed by atoms with Gasteiger partial charge in [-0.05, 0) is 12.8 Å². The van der Waals surface area contributed by atoms with Crippen molar-refractivity contribution in [2.45, 2.75) is 24.7 Å². The molecule has 1 aromatic rings. The Morgan fingerprint density at radius 1 is 1.67 bits per heavy atom. The summed E-state index contributed by atoms with van der Waals surface area (Å²) in [6.45, 7) is 0. The smallest absolute Gasteiger partial charge is 0.304 e. The average molecular weight is 210 g/mol. The standard InChI is InChI=1S/C10H14N2O3/c1-12(2)9-11-6-7(15-9)10(3-4-10)5-8(13)14/h6H,3-5H2,1-2H3,(H,13,14). The summed E-state index contributed by atoms with van der Waals surface area (Å²) in [6.07, 6.45) is 3.53. The van der Waals surface area contributed by atoms with Gasteiger partial charge in [0.2, 0.25) is 0 Å². The predicted molar refractivity (Wildman–Crippen MR) is 54.0 cm³/mol. The summed E-state index contributed by atoms with van der Waals surface area (Å²) in [4.78, 5) is 16.6. The molecule has 1 heterocycles. The van der Waals surface area contributed by atoms with Gasteiger partial charge in [-0.1, -0.05) is 0 Å². The molecule has 0 aliphatic heterocycles. The van der Waals surface area contributed by atoms with E-state index >= 15 is 0 Å². The Hall–Kier alpha value is -1.52. The quantitative estimate of drug-likeness (QED) is 0.810. The van der Waals surface area contributed by atoms with Gasteiger partial charge in [0.25, 0.3) is 6.01 Å². The number of nitrogens with zero attached hydrogens (tertiary/aromatic N) is 2. The van der Waals surface area contributed by atoms with Gasteiger partial charge >= 0.3 is 5.97 Å². The third-order valence-corrected chi connectivity index (χ3v) is 2.74. The van der Waals surface area contributed by atoms with E-state index in [0.29, 0.717) is 11.8 Å². The van der Waals surface area contributed by atoms with Gasteiger partial charge in [-0.2, -0.15) is 0 Å². The molecule has 0 spiro atoms. The molecule has 15 heavy (non-hydrogen) atoms. The van der Waals surface area contributed by atoms with Crippen molar-refractivity contribution in [1.82, 2.24) is 4.98 Å². The zero-order valence-electron chi connectivity index (χ0n) is 8.86. The minimum atomic E-state index is -0.782. The Morgan fingerprint density at radius 2 is 2.33 bits per heavy atom. The van der Waals surface area contributed by atoms with Crippen molar-refractivity contribution < 1.29 is 14.3 Å². The second-order valence-corrected chi connectivity index (χ2v) is 4.25. The molecule has 1 aliphatic rings. The average Bonchev–Trinajstić information content (AvgIpc) is 2.75. The number of carboxylic acids is 1. The van der Waals surface area contributed by atoms with Crippen LogP contribution in [0.3, 0.4) is 0 Å². The van der Waals surface area contributed by atoms with Crippen LogP contribution in [0.4, 0.5) is 6.01 Å². The Balaban J connectivity index is 2.18. The van der Waals surface area contributed by atoms with Gasteiger partial charge in [0, 0.05) is 19.5 Å². The van der Waals surface area contributed by atoms with Gasteiger partial charge in [0.15, 0.2) is 0 Å². The fourth-order valence-corrected chi connectivity index (χ4v) is 1.67. The molecule has 1 aromatic heterocycles. The van der Waals surface area contributed by atoms with Crippen LogP contribution in [-0.2, 0) is 10.2 Å². The van der Waals surface area contributed by atoms with Crippen molar-refractivity contribution >= 4 is 12.0 Å². The number of aromatic nitrogens is 1. The van der Waals surface area contributed by atoms with Crippen LogP contribution in [0.25, 0.3) is 0 Å². The van der Waals surface area contributed by atoms with Crippen LogP contribution in [-0.4, -0.2) is 30.2 Å². The molecule has 0 saturated heterocycles. The molecule has 0 aromatic carbocycles. The molecule has 1 aliphatic carbocycles. The molecule has 0 atom stereocenters. The van der Waals surface area contributed by atoms with E-state index in [-0.39, 0.29) is 11.8 Å². The largest absolute Gasteiger partial charge is 0.481 e. The number of oxazole rings is 1. The normalized spacial score (nSPS) is 17.5. The summed E-state index contributed by atoms with van der Waals surface area (Å²) < 4.78 is 5.52. The monoisotopic (exact) mass is 210 g/mol. The van der Waals surface area contributed by atoms with E-state index in [1.54, 1.807) is 11.1 Å². The molecule has 0 radical (unpaired) electrons. The molecular formula is C10H14N2O3. The Morgan fingerprint density at radius 3 is 2.73 bits per heavy atom. The summed E-state index contributed by atoms with van der Waals surface area (Å²) in [5.41, 5.74) is -0.285. The first kappa shape index (κ1) is 10.0. The molecular weight excluding hydrogens is 196 g/mol. The van der Waals surface area contributed by atoms with Gasteiger partial charge in [-0.15, -0.1) is 0 Å². The first-order chi connectivity index (χ1) is 7.03. The fraction of sp³-hybridized carbons (Fsp3) is 0.600. The molecule has 82 valence electrons. The summed E-state index contributed by atoms with van der Waals surface area (Å²) in [5, 5.41) is 8.79. The van der Waals surface area contributed by atoms with Crippen molar-refractivity contribution in [2.24, 2.45) is 0 Å². The van der Waals surface area contributed by atoms with Crippen LogP contribution in [0.1, 0.15) is 25.0 Å². The maximum absolute atomic E-state index is 10.7. The van der Waals surface area contributed by atoms with E-state index in [4.69, 9.17) is 9.52 Å².